The van der Waals surface area contributed by atoms with E-state index in [1.807, 2.05) is 6.20 Å². The van der Waals surface area contributed by atoms with Crippen LogP contribution < -0.4 is 37.3 Å². The molecule has 5 aromatic rings. The third-order valence-electron chi connectivity index (χ3n) is 10.7. The molecule has 18 heteroatoms. The van der Waals surface area contributed by atoms with E-state index in [2.05, 4.69) is 26.0 Å². The molecule has 0 spiro atoms. The van der Waals surface area contributed by atoms with Crippen molar-refractivity contribution >= 4 is 44.2 Å². The monoisotopic (exact) mass is 826 g/mol. The number of pyridine rings is 1. The Bertz CT molecular complexity index is 2710. The maximum absolute atomic E-state index is 15.6. The number of esters is 1. The lowest BCUT2D eigenvalue weighted by Gasteiger charge is -2.25. The Morgan fingerprint density at radius 3 is 2.36 bits per heavy atom. The molecule has 3 aliphatic rings. The summed E-state index contributed by atoms with van der Waals surface area (Å²) in [6, 6.07) is 13.2. The fourth-order valence-corrected chi connectivity index (χ4v) is 8.31. The Kier molecular flexibility index (Phi) is 10.8. The fourth-order valence-electron chi connectivity index (χ4n) is 7.26. The highest BCUT2D eigenvalue weighted by molar-refractivity contribution is 7.92. The number of benzene rings is 3. The standard InChI is InChI=1S/C41H40F2N8O7S/c1-49-37-22-44-18-17-30(37)39(53)51(41(49)55)27-11-7-24(8-12-27)19-35(40(54)58-28-5-3-2-4-6-28)45-38(52)31-20-33(43)34(21-32(31)42)47-59(56,57)29-15-13-26(14-16-29)50-23-36(46-48-50)25-9-10-25/h7-8,11-18,20-23,25,28,35,46-48H,2-6,9-10,19H2,1H3,(H,45,52). The van der Waals surface area contributed by atoms with Crippen molar-refractivity contribution in [2.24, 2.45) is 13.0 Å². The van der Waals surface area contributed by atoms with Gasteiger partial charge in [0.15, 0.2) is 0 Å². The van der Waals surface area contributed by atoms with Gasteiger partial charge in [0, 0.05) is 43.5 Å². The molecule has 4 N–H and O–H groups in total. The number of nitrogens with one attached hydrogen (secondary N) is 4. The van der Waals surface area contributed by atoms with E-state index in [1.165, 1.54) is 54.3 Å². The zero-order valence-corrected chi connectivity index (χ0v) is 32.6. The van der Waals surface area contributed by atoms with Gasteiger partial charge < -0.3 is 15.5 Å². The lowest BCUT2D eigenvalue weighted by Crippen LogP contribution is -2.45. The summed E-state index contributed by atoms with van der Waals surface area (Å²) in [4.78, 5) is 57.4. The third kappa shape index (κ3) is 8.31. The van der Waals surface area contributed by atoms with Gasteiger partial charge in [-0.25, -0.2) is 31.4 Å². The first-order chi connectivity index (χ1) is 28.4. The maximum Gasteiger partial charge on any atom is 0.335 e. The van der Waals surface area contributed by atoms with Gasteiger partial charge >= 0.3 is 11.7 Å². The van der Waals surface area contributed by atoms with E-state index in [4.69, 9.17) is 4.74 Å². The average Bonchev–Trinajstić information content (AvgIpc) is 3.97. The first-order valence-corrected chi connectivity index (χ1v) is 20.7. The number of aromatic nitrogens is 3. The molecule has 1 unspecified atom stereocenters. The van der Waals surface area contributed by atoms with Crippen molar-refractivity contribution in [3.05, 3.63) is 135 Å². The number of ether oxygens (including phenoxy) is 1. The van der Waals surface area contributed by atoms with Crippen molar-refractivity contribution in [2.45, 2.75) is 68.4 Å². The molecule has 2 saturated carbocycles. The van der Waals surface area contributed by atoms with Gasteiger partial charge in [-0.3, -0.25) is 28.9 Å². The number of allylic oxidation sites excluding steroid dienone is 1. The summed E-state index contributed by atoms with van der Waals surface area (Å²) in [5, 5.41) is 4.46. The van der Waals surface area contributed by atoms with E-state index in [1.54, 1.807) is 29.3 Å². The van der Waals surface area contributed by atoms with Gasteiger partial charge in [0.05, 0.1) is 44.6 Å². The van der Waals surface area contributed by atoms with Crippen molar-refractivity contribution in [1.82, 2.24) is 30.4 Å². The van der Waals surface area contributed by atoms with Gasteiger partial charge in [-0.05, 0) is 92.6 Å². The van der Waals surface area contributed by atoms with Crippen LogP contribution in [0.1, 0.15) is 60.9 Å². The number of hydrogen-bond donors (Lipinski definition) is 4. The van der Waals surface area contributed by atoms with Crippen molar-refractivity contribution in [1.29, 1.82) is 0 Å². The number of amides is 1. The van der Waals surface area contributed by atoms with Crippen LogP contribution >= 0.6 is 0 Å². The number of rotatable bonds is 12. The smallest absolute Gasteiger partial charge is 0.335 e. The third-order valence-corrected chi connectivity index (χ3v) is 12.1. The summed E-state index contributed by atoms with van der Waals surface area (Å²) < 4.78 is 67.6. The van der Waals surface area contributed by atoms with Crippen molar-refractivity contribution in [3.63, 3.8) is 0 Å². The van der Waals surface area contributed by atoms with E-state index in [0.29, 0.717) is 47.7 Å². The SMILES string of the molecule is Cn1c(=O)n(-c2ccc(CC(NC(=O)c3cc(F)c(NS(=O)(=O)c4ccc(N5C=C(C6CC6)NN5)cc4)cc3F)C(=O)OC3CCCCC3)cc2)c(=O)c2ccncc21. The Hall–Kier alpha value is -6.40. The van der Waals surface area contributed by atoms with E-state index < -0.39 is 62.1 Å². The zero-order valence-electron chi connectivity index (χ0n) is 31.8. The van der Waals surface area contributed by atoms with Crippen molar-refractivity contribution in [2.75, 3.05) is 9.73 Å². The molecule has 0 bridgehead atoms. The highest BCUT2D eigenvalue weighted by Gasteiger charge is 2.31. The average molecular weight is 827 g/mol. The zero-order chi connectivity index (χ0) is 41.4. The summed E-state index contributed by atoms with van der Waals surface area (Å²) in [5.74, 6) is -3.93. The summed E-state index contributed by atoms with van der Waals surface area (Å²) in [7, 11) is -2.86. The molecule has 3 aromatic carbocycles. The first kappa shape index (κ1) is 39.4. The molecule has 15 nitrogen and oxygen atoms in total. The number of sulfonamides is 1. The number of hydrazine groups is 2. The van der Waals surface area contributed by atoms with Gasteiger partial charge in [-0.15, -0.1) is 5.53 Å². The lowest BCUT2D eigenvalue weighted by atomic mass is 9.97. The Morgan fingerprint density at radius 1 is 0.932 bits per heavy atom. The molecular weight excluding hydrogens is 787 g/mol. The fraction of sp³-hybridized carbons (Fsp3) is 0.293. The van der Waals surface area contributed by atoms with Gasteiger partial charge in [-0.2, -0.15) is 0 Å². The second-order valence-electron chi connectivity index (χ2n) is 14.8. The van der Waals surface area contributed by atoms with Crippen LogP contribution in [-0.4, -0.2) is 46.6 Å². The maximum atomic E-state index is 15.6. The van der Waals surface area contributed by atoms with Crippen LogP contribution in [0.4, 0.5) is 20.2 Å². The van der Waals surface area contributed by atoms with Crippen LogP contribution in [0.25, 0.3) is 16.6 Å². The minimum atomic E-state index is -4.39. The van der Waals surface area contributed by atoms with Gasteiger partial charge in [0.1, 0.15) is 23.8 Å². The highest BCUT2D eigenvalue weighted by Crippen LogP contribution is 2.36. The summed E-state index contributed by atoms with van der Waals surface area (Å²) in [5.41, 5.74) is 6.22. The Morgan fingerprint density at radius 2 is 1.64 bits per heavy atom. The summed E-state index contributed by atoms with van der Waals surface area (Å²) in [6.45, 7) is 0. The number of nitrogens with zero attached hydrogens (tertiary/aromatic N) is 4. The molecular formula is C41H40F2N8O7S. The number of carbonyl (C=O) groups excluding carboxylic acids is 2. The van der Waals surface area contributed by atoms with Crippen LogP contribution in [0.3, 0.4) is 0 Å². The van der Waals surface area contributed by atoms with Gasteiger partial charge in [0.25, 0.3) is 21.5 Å². The normalized spacial score (nSPS) is 16.3. The molecule has 0 radical (unpaired) electrons. The second kappa shape index (κ2) is 16.1. The minimum absolute atomic E-state index is 0.142. The van der Waals surface area contributed by atoms with Crippen molar-refractivity contribution < 1.29 is 31.5 Å². The summed E-state index contributed by atoms with van der Waals surface area (Å²) in [6.07, 6.45) is 10.4. The number of aryl methyl sites for hydroxylation is 1. The second-order valence-corrected chi connectivity index (χ2v) is 16.5. The van der Waals surface area contributed by atoms with Crippen molar-refractivity contribution in [3.8, 4) is 5.69 Å². The van der Waals surface area contributed by atoms with Crippen LogP contribution in [0.5, 0.6) is 0 Å². The number of hydrogen-bond acceptors (Lipinski definition) is 11. The molecule has 59 heavy (non-hydrogen) atoms. The molecule has 3 heterocycles. The number of fused-ring (bicyclic) bond motifs is 1. The predicted octanol–water partition coefficient (Wildman–Crippen LogP) is 4.46. The minimum Gasteiger partial charge on any atom is -0.461 e. The molecule has 0 saturated heterocycles. The number of anilines is 2. The van der Waals surface area contributed by atoms with Crippen LogP contribution in [0.2, 0.25) is 0 Å². The largest absolute Gasteiger partial charge is 0.461 e. The van der Waals surface area contributed by atoms with E-state index in [-0.39, 0.29) is 28.5 Å². The molecule has 8 rings (SSSR count). The van der Waals surface area contributed by atoms with E-state index in [9.17, 15) is 27.6 Å². The number of carbonyl (C=O) groups is 2. The summed E-state index contributed by atoms with van der Waals surface area (Å²) >= 11 is 0. The molecule has 1 aliphatic heterocycles. The molecule has 2 aromatic heterocycles. The highest BCUT2D eigenvalue weighted by atomic mass is 32.2. The van der Waals surface area contributed by atoms with Gasteiger partial charge in [0.2, 0.25) is 0 Å². The molecule has 306 valence electrons. The lowest BCUT2D eigenvalue weighted by molar-refractivity contribution is -0.152. The van der Waals surface area contributed by atoms with Crippen LogP contribution in [-0.2, 0) is 33.0 Å². The first-order valence-electron chi connectivity index (χ1n) is 19.2. The van der Waals surface area contributed by atoms with Gasteiger partial charge in [-0.1, -0.05) is 18.6 Å². The Labute approximate surface area is 336 Å². The van der Waals surface area contributed by atoms with E-state index >= 15 is 8.78 Å². The Balaban J connectivity index is 0.992. The van der Waals surface area contributed by atoms with Crippen LogP contribution in [0, 0.1) is 17.6 Å². The van der Waals surface area contributed by atoms with Crippen LogP contribution in [0.15, 0.2) is 106 Å². The quantitative estimate of drug-likeness (QED) is 0.130. The number of halogens is 2. The molecule has 1 atom stereocenters. The predicted molar refractivity (Wildman–Crippen MR) is 214 cm³/mol. The van der Waals surface area contributed by atoms with E-state index in [0.717, 1.165) is 42.4 Å². The molecule has 2 aliphatic carbocycles. The topological polar surface area (TPSA) is 186 Å². The molecule has 2 fully saturated rings. The molecule has 1 amide bonds.